The van der Waals surface area contributed by atoms with E-state index in [-0.39, 0.29) is 6.10 Å². The van der Waals surface area contributed by atoms with Gasteiger partial charge in [-0.15, -0.1) is 0 Å². The topological polar surface area (TPSA) is 58.6 Å². The highest BCUT2D eigenvalue weighted by Crippen LogP contribution is 2.49. The molecule has 2 aliphatic heterocycles. The molecule has 1 N–H and O–H groups in total. The highest BCUT2D eigenvalue weighted by Gasteiger charge is 2.42. The Morgan fingerprint density at radius 1 is 1.24 bits per heavy atom. The molecule has 3 rings (SSSR count). The average Bonchev–Trinajstić information content (AvgIpc) is 3.05. The Labute approximate surface area is 128 Å². The van der Waals surface area contributed by atoms with Crippen LogP contribution in [-0.2, 0) is 14.8 Å². The third-order valence-corrected chi connectivity index (χ3v) is 6.66. The molecule has 3 atom stereocenters. The number of hydrogen-bond acceptors (Lipinski definition) is 4. The average molecular weight is 316 g/mol. The maximum atomic E-state index is 11.5. The van der Waals surface area contributed by atoms with E-state index in [9.17, 15) is 8.42 Å². The smallest absolute Gasteiger partial charge is 0.211 e. The van der Waals surface area contributed by atoms with E-state index >= 15 is 0 Å². The van der Waals surface area contributed by atoms with E-state index in [2.05, 4.69) is 5.32 Å². The lowest BCUT2D eigenvalue weighted by atomic mass is 9.91. The van der Waals surface area contributed by atoms with E-state index < -0.39 is 10.0 Å². The van der Waals surface area contributed by atoms with E-state index in [4.69, 9.17) is 4.74 Å². The zero-order valence-electron chi connectivity index (χ0n) is 13.0. The van der Waals surface area contributed by atoms with Crippen LogP contribution in [0.15, 0.2) is 0 Å². The summed E-state index contributed by atoms with van der Waals surface area (Å²) in [5.74, 6) is 2.73. The van der Waals surface area contributed by atoms with Crippen LogP contribution in [0.2, 0.25) is 0 Å². The largest absolute Gasteiger partial charge is 0.377 e. The van der Waals surface area contributed by atoms with Crippen molar-refractivity contribution in [3.05, 3.63) is 0 Å². The molecule has 0 aromatic rings. The predicted molar refractivity (Wildman–Crippen MR) is 82.6 cm³/mol. The van der Waals surface area contributed by atoms with Crippen molar-refractivity contribution in [1.29, 1.82) is 0 Å². The first-order valence-corrected chi connectivity index (χ1v) is 10.2. The summed E-state index contributed by atoms with van der Waals surface area (Å²) in [5, 5.41) is 3.43. The highest BCUT2D eigenvalue weighted by atomic mass is 32.2. The summed E-state index contributed by atoms with van der Waals surface area (Å²) in [6, 6.07) is 0. The molecule has 0 aromatic carbocycles. The third-order valence-electron chi connectivity index (χ3n) is 5.39. The van der Waals surface area contributed by atoms with Gasteiger partial charge in [0.15, 0.2) is 0 Å². The molecule has 3 aliphatic rings. The van der Waals surface area contributed by atoms with Crippen molar-refractivity contribution in [2.75, 3.05) is 39.0 Å². The molecule has 0 spiro atoms. The molecule has 0 amide bonds. The number of nitrogens with zero attached hydrogens (tertiary/aromatic N) is 1. The molecule has 2 heterocycles. The fourth-order valence-electron chi connectivity index (χ4n) is 3.97. The van der Waals surface area contributed by atoms with Gasteiger partial charge in [0.1, 0.15) is 0 Å². The molecule has 6 heteroatoms. The lowest BCUT2D eigenvalue weighted by Gasteiger charge is -2.22. The molecule has 0 aromatic heterocycles. The van der Waals surface area contributed by atoms with E-state index in [1.807, 2.05) is 0 Å². The van der Waals surface area contributed by atoms with Crippen LogP contribution in [-0.4, -0.2) is 57.9 Å². The van der Waals surface area contributed by atoms with Crippen molar-refractivity contribution < 1.29 is 13.2 Å². The fraction of sp³-hybridized carbons (Fsp3) is 1.00. The molecule has 5 nitrogen and oxygen atoms in total. The van der Waals surface area contributed by atoms with E-state index in [0.29, 0.717) is 13.1 Å². The van der Waals surface area contributed by atoms with Crippen LogP contribution >= 0.6 is 0 Å². The molecule has 2 saturated heterocycles. The molecule has 21 heavy (non-hydrogen) atoms. The van der Waals surface area contributed by atoms with Gasteiger partial charge in [-0.3, -0.25) is 0 Å². The summed E-state index contributed by atoms with van der Waals surface area (Å²) >= 11 is 0. The van der Waals surface area contributed by atoms with Crippen LogP contribution in [0.1, 0.15) is 32.1 Å². The van der Waals surface area contributed by atoms with Crippen molar-refractivity contribution in [3.8, 4) is 0 Å². The monoisotopic (exact) mass is 316 g/mol. The van der Waals surface area contributed by atoms with Gasteiger partial charge in [-0.1, -0.05) is 0 Å². The Morgan fingerprint density at radius 2 is 2.00 bits per heavy atom. The normalized spacial score (nSPS) is 35.2. The summed E-state index contributed by atoms with van der Waals surface area (Å²) in [4.78, 5) is 0. The lowest BCUT2D eigenvalue weighted by Crippen LogP contribution is -2.29. The second-order valence-corrected chi connectivity index (χ2v) is 8.92. The van der Waals surface area contributed by atoms with Crippen LogP contribution in [0.4, 0.5) is 0 Å². The molecule has 0 radical (unpaired) electrons. The number of piperidine rings is 1. The highest BCUT2D eigenvalue weighted by molar-refractivity contribution is 7.88. The lowest BCUT2D eigenvalue weighted by molar-refractivity contribution is 0.0581. The number of sulfonamides is 1. The zero-order valence-corrected chi connectivity index (χ0v) is 13.8. The Bertz CT molecular complexity index is 448. The van der Waals surface area contributed by atoms with Crippen LogP contribution in [0.3, 0.4) is 0 Å². The van der Waals surface area contributed by atoms with Gasteiger partial charge >= 0.3 is 0 Å². The van der Waals surface area contributed by atoms with Crippen LogP contribution < -0.4 is 5.32 Å². The maximum absolute atomic E-state index is 11.5. The van der Waals surface area contributed by atoms with Gasteiger partial charge in [-0.25, -0.2) is 8.42 Å². The fourth-order valence-corrected chi connectivity index (χ4v) is 4.85. The second-order valence-electron chi connectivity index (χ2n) is 6.94. The first-order valence-electron chi connectivity index (χ1n) is 8.31. The summed E-state index contributed by atoms with van der Waals surface area (Å²) in [6.07, 6.45) is 7.45. The van der Waals surface area contributed by atoms with Gasteiger partial charge in [-0.2, -0.15) is 4.31 Å². The van der Waals surface area contributed by atoms with Crippen LogP contribution in [0.25, 0.3) is 0 Å². The van der Waals surface area contributed by atoms with Crippen molar-refractivity contribution >= 4 is 10.0 Å². The second kappa shape index (κ2) is 6.52. The number of rotatable bonds is 6. The number of nitrogens with one attached hydrogen (secondary N) is 1. The minimum Gasteiger partial charge on any atom is -0.377 e. The van der Waals surface area contributed by atoms with Crippen molar-refractivity contribution in [2.24, 2.45) is 17.8 Å². The molecule has 1 unspecified atom stereocenters. The quantitative estimate of drug-likeness (QED) is 0.796. The summed E-state index contributed by atoms with van der Waals surface area (Å²) < 4.78 is 30.3. The van der Waals surface area contributed by atoms with Crippen LogP contribution in [0.5, 0.6) is 0 Å². The van der Waals surface area contributed by atoms with Crippen molar-refractivity contribution in [2.45, 2.75) is 38.2 Å². The summed E-state index contributed by atoms with van der Waals surface area (Å²) in [6.45, 7) is 4.34. The Kier molecular flexibility index (Phi) is 4.88. The maximum Gasteiger partial charge on any atom is 0.211 e. The van der Waals surface area contributed by atoms with Crippen molar-refractivity contribution in [3.63, 3.8) is 0 Å². The molecular formula is C15H28N2O3S. The number of ether oxygens (including phenoxy) is 1. The molecule has 3 fully saturated rings. The van der Waals surface area contributed by atoms with Crippen LogP contribution in [0, 0.1) is 17.8 Å². The minimum absolute atomic E-state index is 0.107. The third kappa shape index (κ3) is 4.18. The van der Waals surface area contributed by atoms with Gasteiger partial charge in [0.2, 0.25) is 10.0 Å². The van der Waals surface area contributed by atoms with E-state index in [1.54, 1.807) is 0 Å². The van der Waals surface area contributed by atoms with Crippen molar-refractivity contribution in [1.82, 2.24) is 9.62 Å². The predicted octanol–water partition coefficient (Wildman–Crippen LogP) is 1.06. The van der Waals surface area contributed by atoms with E-state index in [0.717, 1.165) is 37.2 Å². The molecular weight excluding hydrogens is 288 g/mol. The first kappa shape index (κ1) is 15.7. The van der Waals surface area contributed by atoms with Gasteiger partial charge in [-0.05, 0) is 62.9 Å². The summed E-state index contributed by atoms with van der Waals surface area (Å²) in [5.41, 5.74) is 0. The molecule has 122 valence electrons. The van der Waals surface area contributed by atoms with Gasteiger partial charge in [0.25, 0.3) is 0 Å². The van der Waals surface area contributed by atoms with Gasteiger partial charge < -0.3 is 10.1 Å². The Morgan fingerprint density at radius 3 is 2.67 bits per heavy atom. The summed E-state index contributed by atoms with van der Waals surface area (Å²) in [7, 11) is -3.04. The Hall–Kier alpha value is -0.170. The zero-order chi connectivity index (χ0) is 14.9. The number of hydrogen-bond donors (Lipinski definition) is 1. The molecule has 0 bridgehead atoms. The first-order chi connectivity index (χ1) is 10.0. The van der Waals surface area contributed by atoms with Gasteiger partial charge in [0, 0.05) is 19.7 Å². The SMILES string of the molecule is CS(=O)(=O)N1CC[C@H](OCCC2C[C@@H]2C2CCNCC2)C1. The molecule has 1 saturated carbocycles. The minimum atomic E-state index is -3.04. The standard InChI is InChI=1S/C15H28N2O3S/c1-21(18,19)17-8-4-14(11-17)20-9-5-13-10-15(13)12-2-6-16-7-3-12/h12-16H,2-11H2,1H3/t13?,14-,15+/m0/s1. The van der Waals surface area contributed by atoms with E-state index in [1.165, 1.54) is 42.9 Å². The van der Waals surface area contributed by atoms with Gasteiger partial charge in [0.05, 0.1) is 12.4 Å². The Balaban J connectivity index is 1.31. The molecule has 1 aliphatic carbocycles.